The molecule has 2 rings (SSSR count). The Morgan fingerprint density at radius 3 is 2.95 bits per heavy atom. The van der Waals surface area contributed by atoms with Crippen molar-refractivity contribution in [2.75, 3.05) is 11.9 Å². The third-order valence-corrected chi connectivity index (χ3v) is 3.75. The number of carbonyl (C=O) groups is 1. The van der Waals surface area contributed by atoms with E-state index in [1.807, 2.05) is 6.92 Å². The highest BCUT2D eigenvalue weighted by Crippen LogP contribution is 2.17. The molecule has 21 heavy (non-hydrogen) atoms. The zero-order chi connectivity index (χ0) is 15.2. The fourth-order valence-corrected chi connectivity index (χ4v) is 2.41. The minimum Gasteiger partial charge on any atom is -0.360 e. The second-order valence-electron chi connectivity index (χ2n) is 4.27. The van der Waals surface area contributed by atoms with Crippen molar-refractivity contribution < 1.29 is 9.18 Å². The molecule has 0 bridgehead atoms. The summed E-state index contributed by atoms with van der Waals surface area (Å²) in [6.45, 7) is 3.07. The van der Waals surface area contributed by atoms with Crippen LogP contribution in [0.2, 0.25) is 5.02 Å². The first-order chi connectivity index (χ1) is 10.1. The molecule has 0 fully saturated rings. The normalized spacial score (nSPS) is 10.4. The maximum atomic E-state index is 13.0. The van der Waals surface area contributed by atoms with Crippen LogP contribution < -0.4 is 10.6 Å². The monoisotopic (exact) mass is 328 g/mol. The third-order valence-electron chi connectivity index (χ3n) is 2.58. The molecule has 0 spiro atoms. The van der Waals surface area contributed by atoms with Crippen LogP contribution in [0.1, 0.15) is 28.7 Å². The second-order valence-corrected chi connectivity index (χ2v) is 5.66. The van der Waals surface area contributed by atoms with Gasteiger partial charge in [-0.1, -0.05) is 35.9 Å². The predicted molar refractivity (Wildman–Crippen MR) is 81.3 cm³/mol. The van der Waals surface area contributed by atoms with Crippen LogP contribution in [0.3, 0.4) is 0 Å². The van der Waals surface area contributed by atoms with Gasteiger partial charge >= 0.3 is 0 Å². The van der Waals surface area contributed by atoms with E-state index in [2.05, 4.69) is 20.8 Å². The lowest BCUT2D eigenvalue weighted by Gasteiger charge is -2.04. The molecule has 1 aromatic heterocycles. The lowest BCUT2D eigenvalue weighted by Crippen LogP contribution is -2.22. The Morgan fingerprint density at radius 2 is 2.24 bits per heavy atom. The highest BCUT2D eigenvalue weighted by molar-refractivity contribution is 7.17. The highest BCUT2D eigenvalue weighted by atomic mass is 35.5. The zero-order valence-corrected chi connectivity index (χ0v) is 12.9. The number of hydrogen-bond acceptors (Lipinski definition) is 5. The molecule has 0 aliphatic heterocycles. The lowest BCUT2D eigenvalue weighted by molar-refractivity contribution is 0.0950. The number of amides is 1. The minimum absolute atomic E-state index is 0.0312. The highest BCUT2D eigenvalue weighted by Gasteiger charge is 2.12. The standard InChI is InChI=1S/C13H14ClFN4OS/c1-2-5-16-13-19-18-12(21-13)11(20)17-7-8-3-4-10(15)9(14)6-8/h3-4,6H,2,5,7H2,1H3,(H,16,19)(H,17,20). The molecule has 1 aromatic carbocycles. The molecular formula is C13H14ClFN4OS. The van der Waals surface area contributed by atoms with Crippen molar-refractivity contribution in [2.24, 2.45) is 0 Å². The van der Waals surface area contributed by atoms with Crippen LogP contribution in [0, 0.1) is 5.82 Å². The van der Waals surface area contributed by atoms with Crippen LogP contribution in [-0.2, 0) is 6.54 Å². The van der Waals surface area contributed by atoms with Crippen molar-refractivity contribution in [2.45, 2.75) is 19.9 Å². The van der Waals surface area contributed by atoms with Crippen LogP contribution in [-0.4, -0.2) is 22.6 Å². The summed E-state index contributed by atoms with van der Waals surface area (Å²) >= 11 is 6.87. The Morgan fingerprint density at radius 1 is 1.43 bits per heavy atom. The predicted octanol–water partition coefficient (Wildman–Crippen LogP) is 3.08. The van der Waals surface area contributed by atoms with E-state index < -0.39 is 5.82 Å². The van der Waals surface area contributed by atoms with Gasteiger partial charge in [0.2, 0.25) is 10.1 Å². The topological polar surface area (TPSA) is 66.9 Å². The molecule has 2 N–H and O–H groups in total. The second kappa shape index (κ2) is 7.33. The average Bonchev–Trinajstić information content (AvgIpc) is 2.95. The smallest absolute Gasteiger partial charge is 0.282 e. The lowest BCUT2D eigenvalue weighted by atomic mass is 10.2. The van der Waals surface area contributed by atoms with Crippen LogP contribution >= 0.6 is 22.9 Å². The molecule has 8 heteroatoms. The number of rotatable bonds is 6. The van der Waals surface area contributed by atoms with Crippen molar-refractivity contribution in [3.8, 4) is 0 Å². The first-order valence-electron chi connectivity index (χ1n) is 6.39. The molecule has 1 amide bonds. The van der Waals surface area contributed by atoms with E-state index in [-0.39, 0.29) is 22.5 Å². The van der Waals surface area contributed by atoms with E-state index in [1.54, 1.807) is 6.07 Å². The van der Waals surface area contributed by atoms with Gasteiger partial charge in [0.15, 0.2) is 0 Å². The summed E-state index contributed by atoms with van der Waals surface area (Å²) in [5.74, 6) is -0.806. The summed E-state index contributed by atoms with van der Waals surface area (Å²) in [6.07, 6.45) is 0.965. The molecule has 0 aliphatic carbocycles. The van der Waals surface area contributed by atoms with E-state index in [0.717, 1.165) is 13.0 Å². The van der Waals surface area contributed by atoms with E-state index in [4.69, 9.17) is 11.6 Å². The number of benzene rings is 1. The summed E-state index contributed by atoms with van der Waals surface area (Å²) < 4.78 is 13.0. The number of carbonyl (C=O) groups excluding carboxylic acids is 1. The van der Waals surface area contributed by atoms with E-state index in [0.29, 0.717) is 10.7 Å². The van der Waals surface area contributed by atoms with Gasteiger partial charge in [-0.25, -0.2) is 4.39 Å². The maximum absolute atomic E-state index is 13.0. The molecule has 0 aliphatic rings. The summed E-state index contributed by atoms with van der Waals surface area (Å²) in [6, 6.07) is 4.31. The van der Waals surface area contributed by atoms with Gasteiger partial charge in [-0.15, -0.1) is 10.2 Å². The molecular weight excluding hydrogens is 315 g/mol. The Labute approximate surface area is 130 Å². The van der Waals surface area contributed by atoms with Crippen LogP contribution in [0.5, 0.6) is 0 Å². The maximum Gasteiger partial charge on any atom is 0.282 e. The van der Waals surface area contributed by atoms with Crippen LogP contribution in [0.15, 0.2) is 18.2 Å². The number of halogens is 2. The summed E-state index contributed by atoms with van der Waals surface area (Å²) in [5, 5.41) is 14.4. The Bertz CT molecular complexity index is 634. The molecule has 0 atom stereocenters. The number of aromatic nitrogens is 2. The first kappa shape index (κ1) is 15.7. The van der Waals surface area contributed by atoms with Crippen molar-refractivity contribution in [3.63, 3.8) is 0 Å². The van der Waals surface area contributed by atoms with Gasteiger partial charge < -0.3 is 10.6 Å². The fraction of sp³-hybridized carbons (Fsp3) is 0.308. The van der Waals surface area contributed by atoms with Crippen molar-refractivity contribution >= 4 is 34.0 Å². The van der Waals surface area contributed by atoms with Gasteiger partial charge in [-0.3, -0.25) is 4.79 Å². The van der Waals surface area contributed by atoms with Crippen molar-refractivity contribution in [1.82, 2.24) is 15.5 Å². The van der Waals surface area contributed by atoms with Gasteiger partial charge in [-0.05, 0) is 24.1 Å². The quantitative estimate of drug-likeness (QED) is 0.855. The van der Waals surface area contributed by atoms with Crippen LogP contribution in [0.4, 0.5) is 9.52 Å². The van der Waals surface area contributed by atoms with Crippen molar-refractivity contribution in [3.05, 3.63) is 39.6 Å². The van der Waals surface area contributed by atoms with Gasteiger partial charge in [0, 0.05) is 13.1 Å². The summed E-state index contributed by atoms with van der Waals surface area (Å²) in [4.78, 5) is 11.9. The molecule has 1 heterocycles. The number of anilines is 1. The molecule has 0 radical (unpaired) electrons. The van der Waals surface area contributed by atoms with E-state index >= 15 is 0 Å². The Kier molecular flexibility index (Phi) is 5.46. The minimum atomic E-state index is -0.484. The SMILES string of the molecule is CCCNc1nnc(C(=O)NCc2ccc(F)c(Cl)c2)s1. The van der Waals surface area contributed by atoms with Gasteiger partial charge in [-0.2, -0.15) is 0 Å². The zero-order valence-electron chi connectivity index (χ0n) is 11.3. The third kappa shape index (κ3) is 4.37. The van der Waals surface area contributed by atoms with Gasteiger partial charge in [0.1, 0.15) is 5.82 Å². The number of nitrogens with one attached hydrogen (secondary N) is 2. The largest absolute Gasteiger partial charge is 0.360 e. The first-order valence-corrected chi connectivity index (χ1v) is 7.59. The van der Waals surface area contributed by atoms with Crippen LogP contribution in [0.25, 0.3) is 0 Å². The number of nitrogens with zero attached hydrogens (tertiary/aromatic N) is 2. The fourth-order valence-electron chi connectivity index (χ4n) is 1.53. The molecule has 0 saturated carbocycles. The van der Waals surface area contributed by atoms with Gasteiger partial charge in [0.05, 0.1) is 5.02 Å². The number of hydrogen-bond donors (Lipinski definition) is 2. The Hall–Kier alpha value is -1.73. The van der Waals surface area contributed by atoms with E-state index in [9.17, 15) is 9.18 Å². The summed E-state index contributed by atoms with van der Waals surface area (Å²) in [7, 11) is 0. The molecule has 0 saturated heterocycles. The summed E-state index contributed by atoms with van der Waals surface area (Å²) in [5.41, 5.74) is 0.712. The molecule has 112 valence electrons. The molecule has 0 unspecified atom stereocenters. The molecule has 5 nitrogen and oxygen atoms in total. The van der Waals surface area contributed by atoms with E-state index in [1.165, 1.54) is 23.5 Å². The molecule has 2 aromatic rings. The van der Waals surface area contributed by atoms with Crippen molar-refractivity contribution in [1.29, 1.82) is 0 Å². The Balaban J connectivity index is 1.91. The average molecular weight is 329 g/mol. The van der Waals surface area contributed by atoms with Gasteiger partial charge in [0.25, 0.3) is 5.91 Å².